The van der Waals surface area contributed by atoms with Crippen LogP contribution in [0.25, 0.3) is 0 Å². The summed E-state index contributed by atoms with van der Waals surface area (Å²) in [6.45, 7) is 2.49. The van der Waals surface area contributed by atoms with Crippen molar-refractivity contribution < 1.29 is 15.0 Å². The molecule has 1 fully saturated rings. The standard InChI is InChI=1S/C18H26N2O3/c21-16(11-19-17(22)18(23)8-3-4-9-18)13-20-10-7-14-5-1-2-6-15(14)12-20/h1-2,5-6,16,21,23H,3-4,7-13H2,(H,19,22). The van der Waals surface area contributed by atoms with Gasteiger partial charge in [0, 0.05) is 26.2 Å². The molecule has 1 saturated carbocycles. The number of hydrogen-bond acceptors (Lipinski definition) is 4. The monoisotopic (exact) mass is 318 g/mol. The Morgan fingerprint density at radius 1 is 1.26 bits per heavy atom. The second kappa shape index (κ2) is 6.99. The van der Waals surface area contributed by atoms with Crippen molar-refractivity contribution in [2.75, 3.05) is 19.6 Å². The molecule has 1 aromatic rings. The van der Waals surface area contributed by atoms with Crippen LogP contribution in [0.1, 0.15) is 36.8 Å². The van der Waals surface area contributed by atoms with Gasteiger partial charge in [0.05, 0.1) is 6.10 Å². The van der Waals surface area contributed by atoms with Crippen LogP contribution in [0.15, 0.2) is 24.3 Å². The van der Waals surface area contributed by atoms with Gasteiger partial charge >= 0.3 is 0 Å². The summed E-state index contributed by atoms with van der Waals surface area (Å²) in [5, 5.41) is 23.1. The molecule has 1 aliphatic heterocycles. The Labute approximate surface area is 137 Å². The molecule has 3 rings (SSSR count). The summed E-state index contributed by atoms with van der Waals surface area (Å²) in [5.41, 5.74) is 1.48. The second-order valence-corrected chi connectivity index (χ2v) is 6.86. The van der Waals surface area contributed by atoms with Crippen LogP contribution < -0.4 is 5.32 Å². The average molecular weight is 318 g/mol. The number of fused-ring (bicyclic) bond motifs is 1. The van der Waals surface area contributed by atoms with E-state index in [0.29, 0.717) is 19.4 Å². The first-order valence-electron chi connectivity index (χ1n) is 8.55. The highest BCUT2D eigenvalue weighted by Gasteiger charge is 2.38. The van der Waals surface area contributed by atoms with E-state index in [1.165, 1.54) is 11.1 Å². The summed E-state index contributed by atoms with van der Waals surface area (Å²) in [4.78, 5) is 14.3. The Balaban J connectivity index is 1.45. The van der Waals surface area contributed by atoms with Crippen LogP contribution in [0.5, 0.6) is 0 Å². The minimum atomic E-state index is -1.22. The Morgan fingerprint density at radius 3 is 2.70 bits per heavy atom. The third-order valence-corrected chi connectivity index (χ3v) is 5.03. The van der Waals surface area contributed by atoms with Crippen molar-refractivity contribution in [3.8, 4) is 0 Å². The van der Waals surface area contributed by atoms with Crippen LogP contribution in [0, 0.1) is 0 Å². The van der Waals surface area contributed by atoms with E-state index in [1.54, 1.807) is 0 Å². The van der Waals surface area contributed by atoms with Gasteiger partial charge in [-0.15, -0.1) is 0 Å². The number of benzene rings is 1. The number of hydrogen-bond donors (Lipinski definition) is 3. The van der Waals surface area contributed by atoms with Crippen molar-refractivity contribution in [2.24, 2.45) is 0 Å². The third-order valence-electron chi connectivity index (χ3n) is 5.03. The van der Waals surface area contributed by atoms with Crippen LogP contribution in [0.2, 0.25) is 0 Å². The number of nitrogens with zero attached hydrogens (tertiary/aromatic N) is 1. The van der Waals surface area contributed by atoms with Crippen molar-refractivity contribution in [2.45, 2.75) is 50.4 Å². The molecule has 0 saturated heterocycles. The van der Waals surface area contributed by atoms with E-state index in [9.17, 15) is 15.0 Å². The number of β-amino-alcohol motifs (C(OH)–C–C–N with tert-alkyl or cyclic N) is 1. The zero-order valence-electron chi connectivity index (χ0n) is 13.5. The highest BCUT2D eigenvalue weighted by atomic mass is 16.3. The molecule has 5 heteroatoms. The van der Waals surface area contributed by atoms with Crippen molar-refractivity contribution in [1.29, 1.82) is 0 Å². The Hall–Kier alpha value is -1.43. The molecular weight excluding hydrogens is 292 g/mol. The van der Waals surface area contributed by atoms with Crippen molar-refractivity contribution in [3.05, 3.63) is 35.4 Å². The van der Waals surface area contributed by atoms with Gasteiger partial charge in [-0.25, -0.2) is 0 Å². The van der Waals surface area contributed by atoms with E-state index in [1.807, 2.05) is 6.07 Å². The maximum Gasteiger partial charge on any atom is 0.252 e. The maximum absolute atomic E-state index is 12.0. The molecule has 1 amide bonds. The van der Waals surface area contributed by atoms with Crippen molar-refractivity contribution >= 4 is 5.91 Å². The molecule has 1 unspecified atom stereocenters. The fourth-order valence-corrected chi connectivity index (χ4v) is 3.63. The fourth-order valence-electron chi connectivity index (χ4n) is 3.63. The van der Waals surface area contributed by atoms with Gasteiger partial charge in [-0.3, -0.25) is 9.69 Å². The predicted octanol–water partition coefficient (Wildman–Crippen LogP) is 0.827. The average Bonchev–Trinajstić information content (AvgIpc) is 3.00. The number of carbonyl (C=O) groups excluding carboxylic acids is 1. The molecule has 5 nitrogen and oxygen atoms in total. The van der Waals surface area contributed by atoms with E-state index >= 15 is 0 Å². The fraction of sp³-hybridized carbons (Fsp3) is 0.611. The molecule has 0 spiro atoms. The predicted molar refractivity (Wildman–Crippen MR) is 87.9 cm³/mol. The quantitative estimate of drug-likeness (QED) is 0.752. The number of aliphatic hydroxyl groups excluding tert-OH is 1. The zero-order chi connectivity index (χ0) is 16.3. The van der Waals surface area contributed by atoms with Gasteiger partial charge in [-0.05, 0) is 43.2 Å². The highest BCUT2D eigenvalue weighted by Crippen LogP contribution is 2.29. The molecule has 23 heavy (non-hydrogen) atoms. The molecule has 0 bridgehead atoms. The van der Waals surface area contributed by atoms with E-state index < -0.39 is 11.7 Å². The minimum Gasteiger partial charge on any atom is -0.390 e. The van der Waals surface area contributed by atoms with Gasteiger partial charge in [0.2, 0.25) is 0 Å². The smallest absolute Gasteiger partial charge is 0.252 e. The highest BCUT2D eigenvalue weighted by molar-refractivity contribution is 5.85. The maximum atomic E-state index is 12.0. The largest absolute Gasteiger partial charge is 0.390 e. The lowest BCUT2D eigenvalue weighted by molar-refractivity contribution is -0.139. The van der Waals surface area contributed by atoms with Crippen molar-refractivity contribution in [1.82, 2.24) is 10.2 Å². The molecule has 2 aliphatic rings. The summed E-state index contributed by atoms with van der Waals surface area (Å²) in [7, 11) is 0. The Kier molecular flexibility index (Phi) is 4.99. The van der Waals surface area contributed by atoms with Gasteiger partial charge in [-0.1, -0.05) is 24.3 Å². The summed E-state index contributed by atoms with van der Waals surface area (Å²) >= 11 is 0. The molecule has 1 heterocycles. The third kappa shape index (κ3) is 3.91. The van der Waals surface area contributed by atoms with E-state index in [-0.39, 0.29) is 12.5 Å². The number of aliphatic hydroxyl groups is 2. The summed E-state index contributed by atoms with van der Waals surface area (Å²) in [5.74, 6) is -0.335. The molecule has 3 N–H and O–H groups in total. The second-order valence-electron chi connectivity index (χ2n) is 6.86. The number of amides is 1. The van der Waals surface area contributed by atoms with Gasteiger partial charge < -0.3 is 15.5 Å². The molecule has 0 radical (unpaired) electrons. The van der Waals surface area contributed by atoms with Gasteiger partial charge in [0.15, 0.2) is 0 Å². The lowest BCUT2D eigenvalue weighted by atomic mass is 9.99. The Morgan fingerprint density at radius 2 is 1.96 bits per heavy atom. The van der Waals surface area contributed by atoms with Crippen LogP contribution in [0.4, 0.5) is 0 Å². The molecule has 1 aromatic carbocycles. The van der Waals surface area contributed by atoms with Gasteiger partial charge in [0.25, 0.3) is 5.91 Å². The molecule has 0 aromatic heterocycles. The summed E-state index contributed by atoms with van der Waals surface area (Å²) in [6, 6.07) is 8.39. The molecule has 1 atom stereocenters. The number of rotatable bonds is 5. The van der Waals surface area contributed by atoms with Crippen molar-refractivity contribution in [3.63, 3.8) is 0 Å². The summed E-state index contributed by atoms with van der Waals surface area (Å²) in [6.07, 6.45) is 3.21. The number of carbonyl (C=O) groups is 1. The minimum absolute atomic E-state index is 0.194. The lowest BCUT2D eigenvalue weighted by Gasteiger charge is -2.30. The van der Waals surface area contributed by atoms with Crippen LogP contribution >= 0.6 is 0 Å². The normalized spacial score (nSPS) is 21.7. The first-order chi connectivity index (χ1) is 11.1. The van der Waals surface area contributed by atoms with E-state index in [4.69, 9.17) is 0 Å². The Bertz CT molecular complexity index is 555. The van der Waals surface area contributed by atoms with Gasteiger partial charge in [0.1, 0.15) is 5.60 Å². The van der Waals surface area contributed by atoms with E-state index in [2.05, 4.69) is 28.4 Å². The number of nitrogens with one attached hydrogen (secondary N) is 1. The molecule has 1 aliphatic carbocycles. The van der Waals surface area contributed by atoms with Crippen LogP contribution in [-0.2, 0) is 17.8 Å². The molecular formula is C18H26N2O3. The van der Waals surface area contributed by atoms with Crippen LogP contribution in [0.3, 0.4) is 0 Å². The summed E-state index contributed by atoms with van der Waals surface area (Å²) < 4.78 is 0. The van der Waals surface area contributed by atoms with Crippen LogP contribution in [-0.4, -0.2) is 52.4 Å². The SMILES string of the molecule is O=C(NCC(O)CN1CCc2ccccc2C1)C1(O)CCCC1. The zero-order valence-corrected chi connectivity index (χ0v) is 13.5. The topological polar surface area (TPSA) is 72.8 Å². The lowest BCUT2D eigenvalue weighted by Crippen LogP contribution is -2.48. The first-order valence-corrected chi connectivity index (χ1v) is 8.55. The first kappa shape index (κ1) is 16.4. The van der Waals surface area contributed by atoms with E-state index in [0.717, 1.165) is 32.4 Å². The molecule has 126 valence electrons. The van der Waals surface area contributed by atoms with Gasteiger partial charge in [-0.2, -0.15) is 0 Å².